The summed E-state index contributed by atoms with van der Waals surface area (Å²) >= 11 is 1.28. The van der Waals surface area contributed by atoms with Gasteiger partial charge in [-0.25, -0.2) is 0 Å². The molecule has 0 aliphatic carbocycles. The van der Waals surface area contributed by atoms with Crippen LogP contribution in [0.25, 0.3) is 10.7 Å². The van der Waals surface area contributed by atoms with Crippen molar-refractivity contribution in [2.24, 2.45) is 0 Å². The highest BCUT2D eigenvalue weighted by Crippen LogP contribution is 2.24. The van der Waals surface area contributed by atoms with Gasteiger partial charge in [-0.15, -0.1) is 10.2 Å². The van der Waals surface area contributed by atoms with Gasteiger partial charge in [0, 0.05) is 12.8 Å². The van der Waals surface area contributed by atoms with E-state index in [-0.39, 0.29) is 12.0 Å². The fraction of sp³-hybridized carbons (Fsp3) is 0.500. The first kappa shape index (κ1) is 16.9. The van der Waals surface area contributed by atoms with Crippen LogP contribution in [0.2, 0.25) is 0 Å². The van der Waals surface area contributed by atoms with Crippen molar-refractivity contribution in [3.8, 4) is 10.7 Å². The molecule has 7 nitrogen and oxygen atoms in total. The zero-order valence-electron chi connectivity index (χ0n) is 13.5. The molecule has 0 radical (unpaired) electrons. The molecular formula is C16H20N4O3S. The Balaban J connectivity index is 1.50. The Bertz CT molecular complexity index is 658. The Hall–Kier alpha value is -1.90. The Morgan fingerprint density at radius 2 is 2.38 bits per heavy atom. The van der Waals surface area contributed by atoms with E-state index in [1.807, 2.05) is 18.2 Å². The second-order valence-corrected chi connectivity index (χ2v) is 6.56. The van der Waals surface area contributed by atoms with Crippen LogP contribution >= 0.6 is 11.3 Å². The van der Waals surface area contributed by atoms with Crippen LogP contribution in [0.3, 0.4) is 0 Å². The number of hydrogen-bond donors (Lipinski definition) is 1. The Morgan fingerprint density at radius 1 is 1.46 bits per heavy atom. The minimum Gasteiger partial charge on any atom is -0.376 e. The zero-order valence-corrected chi connectivity index (χ0v) is 14.3. The number of carbonyl (C=O) groups excluding carboxylic acids is 1. The maximum absolute atomic E-state index is 12.2. The van der Waals surface area contributed by atoms with Crippen molar-refractivity contribution in [2.75, 3.05) is 18.5 Å². The maximum atomic E-state index is 12.2. The predicted octanol–water partition coefficient (Wildman–Crippen LogP) is 2.51. The van der Waals surface area contributed by atoms with E-state index < -0.39 is 6.10 Å². The number of hydrogen-bond acceptors (Lipinski definition) is 7. The van der Waals surface area contributed by atoms with E-state index in [0.717, 1.165) is 31.6 Å². The molecule has 0 aromatic carbocycles. The third-order valence-corrected chi connectivity index (χ3v) is 4.58. The Morgan fingerprint density at radius 3 is 3.12 bits per heavy atom. The highest BCUT2D eigenvalue weighted by Gasteiger charge is 2.20. The molecule has 3 rings (SSSR count). The topological polar surface area (TPSA) is 86.2 Å². The Labute approximate surface area is 144 Å². The molecule has 1 aliphatic heterocycles. The van der Waals surface area contributed by atoms with Crippen LogP contribution in [0.1, 0.15) is 26.2 Å². The average Bonchev–Trinajstić information content (AvgIpc) is 3.10. The highest BCUT2D eigenvalue weighted by atomic mass is 32.1. The van der Waals surface area contributed by atoms with Crippen molar-refractivity contribution in [1.29, 1.82) is 0 Å². The van der Waals surface area contributed by atoms with Crippen LogP contribution < -0.4 is 5.32 Å². The molecule has 2 aromatic rings. The molecule has 2 aromatic heterocycles. The quantitative estimate of drug-likeness (QED) is 0.863. The largest absolute Gasteiger partial charge is 0.376 e. The van der Waals surface area contributed by atoms with Crippen LogP contribution in [0.5, 0.6) is 0 Å². The van der Waals surface area contributed by atoms with Gasteiger partial charge in [-0.1, -0.05) is 17.4 Å². The van der Waals surface area contributed by atoms with E-state index in [4.69, 9.17) is 9.47 Å². The molecule has 0 bridgehead atoms. The third-order valence-electron chi connectivity index (χ3n) is 3.71. The summed E-state index contributed by atoms with van der Waals surface area (Å²) in [6.45, 7) is 2.93. The molecule has 1 aliphatic rings. The minimum atomic E-state index is -0.572. The van der Waals surface area contributed by atoms with Gasteiger partial charge in [0.1, 0.15) is 11.8 Å². The summed E-state index contributed by atoms with van der Waals surface area (Å²) in [4.78, 5) is 16.4. The van der Waals surface area contributed by atoms with Gasteiger partial charge >= 0.3 is 0 Å². The van der Waals surface area contributed by atoms with Gasteiger partial charge in [-0.3, -0.25) is 15.1 Å². The summed E-state index contributed by atoms with van der Waals surface area (Å²) in [5, 5.41) is 11.9. The number of ether oxygens (including phenoxy) is 2. The lowest BCUT2D eigenvalue weighted by atomic mass is 10.1. The van der Waals surface area contributed by atoms with Crippen LogP contribution in [-0.2, 0) is 14.3 Å². The molecule has 0 spiro atoms. The lowest BCUT2D eigenvalue weighted by Crippen LogP contribution is -2.32. The number of aromatic nitrogens is 3. The number of nitrogens with one attached hydrogen (secondary N) is 1. The maximum Gasteiger partial charge on any atom is 0.255 e. The molecule has 3 heterocycles. The van der Waals surface area contributed by atoms with Gasteiger partial charge < -0.3 is 9.47 Å². The van der Waals surface area contributed by atoms with E-state index in [2.05, 4.69) is 20.5 Å². The van der Waals surface area contributed by atoms with Crippen molar-refractivity contribution in [3.05, 3.63) is 24.4 Å². The number of nitrogens with zero attached hydrogens (tertiary/aromatic N) is 3. The third kappa shape index (κ3) is 4.56. The molecule has 8 heteroatoms. The lowest BCUT2D eigenvalue weighted by molar-refractivity contribution is -0.130. The summed E-state index contributed by atoms with van der Waals surface area (Å²) in [5.74, 6) is -0.241. The van der Waals surface area contributed by atoms with Crippen LogP contribution in [-0.4, -0.2) is 46.5 Å². The van der Waals surface area contributed by atoms with E-state index in [0.29, 0.717) is 16.7 Å². The monoisotopic (exact) mass is 348 g/mol. The fourth-order valence-corrected chi connectivity index (χ4v) is 3.06. The molecule has 0 saturated carbocycles. The second-order valence-electron chi connectivity index (χ2n) is 5.58. The molecule has 24 heavy (non-hydrogen) atoms. The number of pyridine rings is 1. The molecule has 128 valence electrons. The van der Waals surface area contributed by atoms with Gasteiger partial charge in [0.15, 0.2) is 5.01 Å². The molecule has 1 amide bonds. The van der Waals surface area contributed by atoms with Crippen molar-refractivity contribution in [3.63, 3.8) is 0 Å². The first-order valence-electron chi connectivity index (χ1n) is 8.01. The lowest BCUT2D eigenvalue weighted by Gasteiger charge is -2.23. The number of rotatable bonds is 6. The van der Waals surface area contributed by atoms with Gasteiger partial charge in [-0.2, -0.15) is 0 Å². The van der Waals surface area contributed by atoms with Crippen molar-refractivity contribution < 1.29 is 14.3 Å². The van der Waals surface area contributed by atoms with E-state index in [9.17, 15) is 4.79 Å². The number of amides is 1. The summed E-state index contributed by atoms with van der Waals surface area (Å²) < 4.78 is 11.2. The summed E-state index contributed by atoms with van der Waals surface area (Å²) in [6.07, 6.45) is 4.44. The molecular weight excluding hydrogens is 328 g/mol. The number of carbonyl (C=O) groups is 1. The first-order chi connectivity index (χ1) is 11.7. The van der Waals surface area contributed by atoms with Crippen LogP contribution in [0.15, 0.2) is 24.4 Å². The molecule has 1 fully saturated rings. The summed E-state index contributed by atoms with van der Waals surface area (Å²) in [6, 6.07) is 5.57. The van der Waals surface area contributed by atoms with Gasteiger partial charge in [0.2, 0.25) is 5.13 Å². The smallest absolute Gasteiger partial charge is 0.255 e. The van der Waals surface area contributed by atoms with Gasteiger partial charge in [0.25, 0.3) is 5.91 Å². The van der Waals surface area contributed by atoms with Crippen LogP contribution in [0.4, 0.5) is 5.13 Å². The second kappa shape index (κ2) is 8.27. The van der Waals surface area contributed by atoms with Crippen molar-refractivity contribution in [2.45, 2.75) is 38.4 Å². The summed E-state index contributed by atoms with van der Waals surface area (Å²) in [5.41, 5.74) is 0.731. The summed E-state index contributed by atoms with van der Waals surface area (Å²) in [7, 11) is 0. The molecule has 1 saturated heterocycles. The van der Waals surface area contributed by atoms with E-state index >= 15 is 0 Å². The SMILES string of the molecule is C[C@@H](OC[C@@H]1CCCCO1)C(=O)Nc1nnc(-c2ccccn2)s1. The van der Waals surface area contributed by atoms with Crippen molar-refractivity contribution in [1.82, 2.24) is 15.2 Å². The number of anilines is 1. The standard InChI is InChI=1S/C16H20N4O3S/c1-11(23-10-12-6-3-5-9-22-12)14(21)18-16-20-19-15(24-16)13-7-2-4-8-17-13/h2,4,7-8,11-12H,3,5-6,9-10H2,1H3,(H,18,20,21)/t11-,12+/m1/s1. The van der Waals surface area contributed by atoms with Gasteiger partial charge in [-0.05, 0) is 38.3 Å². The van der Waals surface area contributed by atoms with Crippen LogP contribution in [0, 0.1) is 0 Å². The van der Waals surface area contributed by atoms with Gasteiger partial charge in [0.05, 0.1) is 12.7 Å². The zero-order chi connectivity index (χ0) is 16.8. The Kier molecular flexibility index (Phi) is 5.84. The molecule has 2 atom stereocenters. The molecule has 1 N–H and O–H groups in total. The predicted molar refractivity (Wildman–Crippen MR) is 90.8 cm³/mol. The van der Waals surface area contributed by atoms with Crippen molar-refractivity contribution >= 4 is 22.4 Å². The highest BCUT2D eigenvalue weighted by molar-refractivity contribution is 7.18. The first-order valence-corrected chi connectivity index (χ1v) is 8.83. The minimum absolute atomic E-state index is 0.0892. The fourth-order valence-electron chi connectivity index (χ4n) is 2.34. The van der Waals surface area contributed by atoms with E-state index in [1.165, 1.54) is 11.3 Å². The van der Waals surface area contributed by atoms with E-state index in [1.54, 1.807) is 13.1 Å². The molecule has 0 unspecified atom stereocenters. The average molecular weight is 348 g/mol. The normalized spacial score (nSPS) is 19.0.